The van der Waals surface area contributed by atoms with Gasteiger partial charge < -0.3 is 5.73 Å². The van der Waals surface area contributed by atoms with Crippen LogP contribution in [0, 0.1) is 0 Å². The molecule has 0 amide bonds. The summed E-state index contributed by atoms with van der Waals surface area (Å²) in [5.41, 5.74) is 5.16. The summed E-state index contributed by atoms with van der Waals surface area (Å²) >= 11 is 8.57. The number of halogens is 4. The molecule has 5 heteroatoms. The minimum Gasteiger partial charge on any atom is -0.397 e. The van der Waals surface area contributed by atoms with Gasteiger partial charge in [0.25, 0.3) is 6.43 Å². The molecule has 66 valence electrons. The van der Waals surface area contributed by atoms with Gasteiger partial charge in [0.1, 0.15) is 0 Å². The molecule has 0 unspecified atom stereocenters. The number of nitrogens with two attached hydrogens (primary N) is 1. The molecule has 1 rings (SSSR count). The molecule has 0 spiro atoms. The van der Waals surface area contributed by atoms with Crippen LogP contribution < -0.4 is 5.73 Å². The highest BCUT2D eigenvalue weighted by Crippen LogP contribution is 2.33. The Kier molecular flexibility index (Phi) is 2.90. The van der Waals surface area contributed by atoms with Crippen molar-refractivity contribution in [1.82, 2.24) is 0 Å². The Bertz CT molecular complexity index is 304. The summed E-state index contributed by atoms with van der Waals surface area (Å²) in [7, 11) is 0. The zero-order valence-corrected chi connectivity index (χ0v) is 8.16. The fourth-order valence-corrected chi connectivity index (χ4v) is 1.62. The van der Waals surface area contributed by atoms with Crippen LogP contribution in [0.1, 0.15) is 12.0 Å². The molecule has 0 saturated heterocycles. The summed E-state index contributed by atoms with van der Waals surface area (Å²) in [6, 6.07) is 2.63. The van der Waals surface area contributed by atoms with Gasteiger partial charge in [-0.3, -0.25) is 0 Å². The van der Waals surface area contributed by atoms with Crippen molar-refractivity contribution in [3.8, 4) is 0 Å². The summed E-state index contributed by atoms with van der Waals surface area (Å²) in [4.78, 5) is 0. The van der Waals surface area contributed by atoms with E-state index in [1.807, 2.05) is 0 Å². The maximum Gasteiger partial charge on any atom is 0.265 e. The minimum absolute atomic E-state index is 0.0365. The second-order valence-corrected chi connectivity index (χ2v) is 3.48. The summed E-state index contributed by atoms with van der Waals surface area (Å²) in [6.45, 7) is 0. The van der Waals surface area contributed by atoms with Gasteiger partial charge in [-0.25, -0.2) is 8.78 Å². The van der Waals surface area contributed by atoms with Gasteiger partial charge >= 0.3 is 0 Å². The number of hydrogen-bond acceptors (Lipinski definition) is 1. The lowest BCUT2D eigenvalue weighted by atomic mass is 10.2. The highest BCUT2D eigenvalue weighted by Gasteiger charge is 2.14. The largest absolute Gasteiger partial charge is 0.397 e. The maximum absolute atomic E-state index is 12.2. The van der Waals surface area contributed by atoms with E-state index in [1.54, 1.807) is 0 Å². The molecule has 0 heterocycles. The van der Waals surface area contributed by atoms with Crippen molar-refractivity contribution in [2.24, 2.45) is 0 Å². The van der Waals surface area contributed by atoms with Gasteiger partial charge in [0.05, 0.1) is 5.69 Å². The smallest absolute Gasteiger partial charge is 0.265 e. The molecule has 1 nitrogen and oxygen atoms in total. The van der Waals surface area contributed by atoms with Crippen molar-refractivity contribution in [2.75, 3.05) is 5.73 Å². The molecule has 1 aromatic rings. The Labute approximate surface area is 81.6 Å². The van der Waals surface area contributed by atoms with Crippen molar-refractivity contribution in [2.45, 2.75) is 6.43 Å². The van der Waals surface area contributed by atoms with Crippen LogP contribution >= 0.6 is 27.5 Å². The highest BCUT2D eigenvalue weighted by molar-refractivity contribution is 9.10. The van der Waals surface area contributed by atoms with Crippen LogP contribution in [0.3, 0.4) is 0 Å². The van der Waals surface area contributed by atoms with E-state index in [0.717, 1.165) is 6.07 Å². The highest BCUT2D eigenvalue weighted by atomic mass is 79.9. The van der Waals surface area contributed by atoms with Crippen LogP contribution in [-0.4, -0.2) is 0 Å². The van der Waals surface area contributed by atoms with E-state index in [-0.39, 0.29) is 16.3 Å². The number of alkyl halides is 2. The molecule has 12 heavy (non-hydrogen) atoms. The molecule has 0 saturated carbocycles. The molecule has 0 aliphatic carbocycles. The van der Waals surface area contributed by atoms with E-state index in [4.69, 9.17) is 17.3 Å². The first kappa shape index (κ1) is 9.74. The van der Waals surface area contributed by atoms with Gasteiger partial charge in [-0.1, -0.05) is 11.6 Å². The maximum atomic E-state index is 12.2. The van der Waals surface area contributed by atoms with Gasteiger partial charge in [-0.05, 0) is 28.1 Å². The topological polar surface area (TPSA) is 26.0 Å². The first-order valence-corrected chi connectivity index (χ1v) is 4.22. The Morgan fingerprint density at radius 1 is 1.42 bits per heavy atom. The molecule has 1 aromatic carbocycles. The average molecular weight is 256 g/mol. The summed E-state index contributed by atoms with van der Waals surface area (Å²) < 4.78 is 24.9. The molecule has 0 atom stereocenters. The van der Waals surface area contributed by atoms with Gasteiger partial charge in [0, 0.05) is 15.1 Å². The van der Waals surface area contributed by atoms with E-state index in [2.05, 4.69) is 15.9 Å². The first-order chi connectivity index (χ1) is 5.52. The molecule has 0 aliphatic rings. The van der Waals surface area contributed by atoms with Crippen molar-refractivity contribution in [3.63, 3.8) is 0 Å². The Morgan fingerprint density at radius 3 is 2.50 bits per heavy atom. The summed E-state index contributed by atoms with van der Waals surface area (Å²) in [6.07, 6.45) is -2.60. The third-order valence-corrected chi connectivity index (χ3v) is 2.24. The Hall–Kier alpha value is -0.350. The van der Waals surface area contributed by atoms with E-state index < -0.39 is 6.43 Å². The fraction of sp³-hybridized carbons (Fsp3) is 0.143. The van der Waals surface area contributed by atoms with Crippen molar-refractivity contribution >= 4 is 33.2 Å². The number of nitrogen functional groups attached to an aromatic ring is 1. The lowest BCUT2D eigenvalue weighted by Crippen LogP contribution is -1.95. The van der Waals surface area contributed by atoms with E-state index >= 15 is 0 Å². The standard InChI is InChI=1S/C7H5BrClF2N/c8-5-2-3(9)1-4(6(5)12)7(10)11/h1-2,7H,12H2. The van der Waals surface area contributed by atoms with Crippen LogP contribution in [0.15, 0.2) is 16.6 Å². The number of hydrogen-bond donors (Lipinski definition) is 1. The predicted molar refractivity (Wildman–Crippen MR) is 48.5 cm³/mol. The lowest BCUT2D eigenvalue weighted by Gasteiger charge is -2.06. The average Bonchev–Trinajstić information content (AvgIpc) is 1.96. The quantitative estimate of drug-likeness (QED) is 0.763. The van der Waals surface area contributed by atoms with Gasteiger partial charge in [0.15, 0.2) is 0 Å². The van der Waals surface area contributed by atoms with Crippen LogP contribution in [-0.2, 0) is 0 Å². The summed E-state index contributed by atoms with van der Waals surface area (Å²) in [5, 5.41) is 0.242. The van der Waals surface area contributed by atoms with E-state index in [9.17, 15) is 8.78 Å². The van der Waals surface area contributed by atoms with Gasteiger partial charge in [0.2, 0.25) is 0 Å². The zero-order chi connectivity index (χ0) is 9.30. The van der Waals surface area contributed by atoms with Crippen molar-refractivity contribution in [1.29, 1.82) is 0 Å². The number of rotatable bonds is 1. The zero-order valence-electron chi connectivity index (χ0n) is 5.82. The van der Waals surface area contributed by atoms with E-state index in [1.165, 1.54) is 6.07 Å². The lowest BCUT2D eigenvalue weighted by molar-refractivity contribution is 0.152. The molecule has 0 radical (unpaired) electrons. The molecule has 0 aromatic heterocycles. The van der Waals surface area contributed by atoms with Crippen LogP contribution in [0.25, 0.3) is 0 Å². The molecule has 2 N–H and O–H groups in total. The van der Waals surface area contributed by atoms with Gasteiger partial charge in [-0.2, -0.15) is 0 Å². The molecule has 0 bridgehead atoms. The second kappa shape index (κ2) is 3.58. The Morgan fingerprint density at radius 2 is 2.00 bits per heavy atom. The summed E-state index contributed by atoms with van der Waals surface area (Å²) in [5.74, 6) is 0. The number of anilines is 1. The van der Waals surface area contributed by atoms with E-state index in [0.29, 0.717) is 4.47 Å². The Balaban J connectivity index is 3.28. The van der Waals surface area contributed by atoms with Crippen LogP contribution in [0.5, 0.6) is 0 Å². The monoisotopic (exact) mass is 255 g/mol. The SMILES string of the molecule is Nc1c(Br)cc(Cl)cc1C(F)F. The minimum atomic E-state index is -2.60. The van der Waals surface area contributed by atoms with Crippen LogP contribution in [0.4, 0.5) is 14.5 Å². The van der Waals surface area contributed by atoms with Crippen molar-refractivity contribution < 1.29 is 8.78 Å². The second-order valence-electron chi connectivity index (χ2n) is 2.19. The first-order valence-electron chi connectivity index (χ1n) is 3.05. The van der Waals surface area contributed by atoms with Crippen LogP contribution in [0.2, 0.25) is 5.02 Å². The molecular weight excluding hydrogens is 251 g/mol. The normalized spacial score (nSPS) is 10.8. The third-order valence-electron chi connectivity index (χ3n) is 1.36. The number of benzene rings is 1. The van der Waals surface area contributed by atoms with Gasteiger partial charge in [-0.15, -0.1) is 0 Å². The molecular formula is C7H5BrClF2N. The fourth-order valence-electron chi connectivity index (χ4n) is 0.785. The predicted octanol–water partition coefficient (Wildman–Crippen LogP) is 3.62. The molecule has 0 fully saturated rings. The third kappa shape index (κ3) is 1.87. The van der Waals surface area contributed by atoms with Crippen molar-refractivity contribution in [3.05, 3.63) is 27.2 Å². The molecule has 0 aliphatic heterocycles.